The molecule has 0 radical (unpaired) electrons. The standard InChI is InChI=1S/C24H46O6.C2H4O/c1-2-3-4-5-6-7-8-9-10-11-12-13-14-15-16-17-22(27)30-21(18-25)24-23(28)20(26)19-29-24;1-2-3-1/h20-21,23-26,28H,2-19H2,1H3;1-2H2/t20-,21+,23+,24+;/m0./s1. The van der Waals surface area contributed by atoms with Gasteiger partial charge in [0.15, 0.2) is 6.10 Å². The summed E-state index contributed by atoms with van der Waals surface area (Å²) < 4.78 is 15.0. The topological polar surface area (TPSA) is 109 Å². The van der Waals surface area contributed by atoms with Crippen molar-refractivity contribution in [1.82, 2.24) is 0 Å². The summed E-state index contributed by atoms with van der Waals surface area (Å²) in [5, 5.41) is 28.7. The van der Waals surface area contributed by atoms with Crippen molar-refractivity contribution < 1.29 is 34.3 Å². The lowest BCUT2D eigenvalue weighted by molar-refractivity contribution is -0.162. The van der Waals surface area contributed by atoms with Crippen LogP contribution in [0.15, 0.2) is 0 Å². The minimum atomic E-state index is -1.14. The van der Waals surface area contributed by atoms with Crippen LogP contribution in [0.3, 0.4) is 0 Å². The molecule has 0 unspecified atom stereocenters. The number of unbranched alkanes of at least 4 members (excludes halogenated alkanes) is 14. The molecule has 0 aromatic rings. The van der Waals surface area contributed by atoms with Gasteiger partial charge in [-0.2, -0.15) is 0 Å². The zero-order valence-electron chi connectivity index (χ0n) is 20.9. The molecule has 2 fully saturated rings. The molecule has 2 aliphatic heterocycles. The minimum Gasteiger partial charge on any atom is -0.457 e. The Labute approximate surface area is 201 Å². The third kappa shape index (κ3) is 16.5. The summed E-state index contributed by atoms with van der Waals surface area (Å²) in [6, 6.07) is 0. The first-order chi connectivity index (χ1) is 16.1. The molecule has 0 aromatic heterocycles. The van der Waals surface area contributed by atoms with E-state index in [9.17, 15) is 20.1 Å². The van der Waals surface area contributed by atoms with Gasteiger partial charge in [-0.15, -0.1) is 0 Å². The fourth-order valence-corrected chi connectivity index (χ4v) is 4.03. The van der Waals surface area contributed by atoms with Crippen LogP contribution in [0.25, 0.3) is 0 Å². The number of carbonyl (C=O) groups is 1. The van der Waals surface area contributed by atoms with E-state index in [2.05, 4.69) is 11.7 Å². The highest BCUT2D eigenvalue weighted by Crippen LogP contribution is 2.20. The smallest absolute Gasteiger partial charge is 0.306 e. The number of aliphatic hydroxyl groups excluding tert-OH is 3. The largest absolute Gasteiger partial charge is 0.457 e. The first kappa shape index (κ1) is 30.3. The monoisotopic (exact) mass is 474 g/mol. The van der Waals surface area contributed by atoms with Crippen molar-refractivity contribution in [2.24, 2.45) is 0 Å². The second-order valence-corrected chi connectivity index (χ2v) is 9.38. The molecule has 0 aliphatic carbocycles. The maximum absolute atomic E-state index is 12.0. The number of carbonyl (C=O) groups excluding carboxylic acids is 1. The average Bonchev–Trinajstić information content (AvgIpc) is 3.66. The van der Waals surface area contributed by atoms with Crippen LogP contribution in [0.1, 0.15) is 110 Å². The highest BCUT2D eigenvalue weighted by molar-refractivity contribution is 5.69. The number of hydrogen-bond donors (Lipinski definition) is 3. The Kier molecular flexibility index (Phi) is 18.9. The lowest BCUT2D eigenvalue weighted by atomic mass is 10.0. The maximum atomic E-state index is 12.0. The van der Waals surface area contributed by atoms with Gasteiger partial charge in [-0.25, -0.2) is 0 Å². The molecule has 2 rings (SSSR count). The average molecular weight is 475 g/mol. The molecule has 3 N–H and O–H groups in total. The predicted octanol–water partition coefficient (Wildman–Crippen LogP) is 4.29. The number of esters is 1. The van der Waals surface area contributed by atoms with Crippen LogP contribution >= 0.6 is 0 Å². The second kappa shape index (κ2) is 20.6. The fraction of sp³-hybridized carbons (Fsp3) is 0.962. The highest BCUT2D eigenvalue weighted by Gasteiger charge is 2.41. The van der Waals surface area contributed by atoms with Crippen molar-refractivity contribution in [2.45, 2.75) is 134 Å². The molecule has 0 aromatic carbocycles. The normalized spacial score (nSPS) is 22.5. The van der Waals surface area contributed by atoms with Crippen LogP contribution in [0.5, 0.6) is 0 Å². The van der Waals surface area contributed by atoms with E-state index < -0.39 is 31.0 Å². The van der Waals surface area contributed by atoms with Gasteiger partial charge in [-0.05, 0) is 6.42 Å². The zero-order valence-corrected chi connectivity index (χ0v) is 20.9. The molecule has 2 saturated heterocycles. The van der Waals surface area contributed by atoms with Gasteiger partial charge in [0, 0.05) is 6.42 Å². The summed E-state index contributed by atoms with van der Waals surface area (Å²) >= 11 is 0. The van der Waals surface area contributed by atoms with Crippen LogP contribution in [0, 0.1) is 0 Å². The van der Waals surface area contributed by atoms with Gasteiger partial charge in [-0.3, -0.25) is 4.79 Å². The Bertz CT molecular complexity index is 455. The molecular weight excluding hydrogens is 424 g/mol. The van der Waals surface area contributed by atoms with Crippen molar-refractivity contribution in [3.05, 3.63) is 0 Å². The molecule has 0 amide bonds. The third-order valence-corrected chi connectivity index (χ3v) is 6.21. The van der Waals surface area contributed by atoms with Gasteiger partial charge < -0.3 is 29.5 Å². The molecule has 196 valence electrons. The van der Waals surface area contributed by atoms with Gasteiger partial charge >= 0.3 is 5.97 Å². The maximum Gasteiger partial charge on any atom is 0.306 e. The van der Waals surface area contributed by atoms with E-state index in [0.29, 0.717) is 6.42 Å². The van der Waals surface area contributed by atoms with Crippen molar-refractivity contribution in [2.75, 3.05) is 26.4 Å². The summed E-state index contributed by atoms with van der Waals surface area (Å²) in [4.78, 5) is 12.0. The van der Waals surface area contributed by atoms with Crippen molar-refractivity contribution in [3.8, 4) is 0 Å². The third-order valence-electron chi connectivity index (χ3n) is 6.21. The molecule has 2 heterocycles. The van der Waals surface area contributed by atoms with E-state index in [1.807, 2.05) is 0 Å². The van der Waals surface area contributed by atoms with Crippen molar-refractivity contribution in [3.63, 3.8) is 0 Å². The Morgan fingerprint density at radius 3 is 1.67 bits per heavy atom. The van der Waals surface area contributed by atoms with Gasteiger partial charge in [0.2, 0.25) is 0 Å². The quantitative estimate of drug-likeness (QED) is 0.146. The van der Waals surface area contributed by atoms with Crippen molar-refractivity contribution in [1.29, 1.82) is 0 Å². The highest BCUT2D eigenvalue weighted by atomic mass is 16.6. The van der Waals surface area contributed by atoms with Gasteiger partial charge in [0.25, 0.3) is 0 Å². The van der Waals surface area contributed by atoms with Gasteiger partial charge in [0.1, 0.15) is 18.3 Å². The molecule has 0 bridgehead atoms. The van der Waals surface area contributed by atoms with Crippen molar-refractivity contribution >= 4 is 5.97 Å². The van der Waals surface area contributed by atoms with Gasteiger partial charge in [0.05, 0.1) is 26.4 Å². The SMILES string of the molecule is C1CO1.CCCCCCCCCCCCCCCCCC(=O)O[C@H](CO)[C@H]1OC[C@H](O)[C@H]1O. The Morgan fingerprint density at radius 1 is 0.848 bits per heavy atom. The molecule has 0 spiro atoms. The van der Waals surface area contributed by atoms with E-state index in [-0.39, 0.29) is 12.6 Å². The van der Waals surface area contributed by atoms with E-state index in [0.717, 1.165) is 32.5 Å². The summed E-state index contributed by atoms with van der Waals surface area (Å²) in [6.07, 6.45) is 15.4. The summed E-state index contributed by atoms with van der Waals surface area (Å²) in [7, 11) is 0. The first-order valence-electron chi connectivity index (χ1n) is 13.5. The van der Waals surface area contributed by atoms with Crippen LogP contribution < -0.4 is 0 Å². The lowest BCUT2D eigenvalue weighted by Gasteiger charge is -2.24. The summed E-state index contributed by atoms with van der Waals surface area (Å²) in [5.41, 5.74) is 0. The molecule has 2 aliphatic rings. The Balaban J connectivity index is 0.00000167. The first-order valence-corrected chi connectivity index (χ1v) is 13.5. The van der Waals surface area contributed by atoms with E-state index in [1.165, 1.54) is 77.0 Å². The van der Waals surface area contributed by atoms with Crippen LogP contribution in [-0.4, -0.2) is 72.1 Å². The van der Waals surface area contributed by atoms with Crippen LogP contribution in [0.2, 0.25) is 0 Å². The molecular formula is C26H50O7. The molecule has 7 nitrogen and oxygen atoms in total. The number of aliphatic hydroxyl groups is 3. The molecule has 0 saturated carbocycles. The Morgan fingerprint density at radius 2 is 1.30 bits per heavy atom. The summed E-state index contributed by atoms with van der Waals surface area (Å²) in [5.74, 6) is -0.388. The number of rotatable bonds is 19. The van der Waals surface area contributed by atoms with E-state index in [1.54, 1.807) is 0 Å². The fourth-order valence-electron chi connectivity index (χ4n) is 4.03. The Hall–Kier alpha value is -0.730. The lowest BCUT2D eigenvalue weighted by Crippen LogP contribution is -2.43. The number of epoxide rings is 1. The molecule has 33 heavy (non-hydrogen) atoms. The van der Waals surface area contributed by atoms with Crippen LogP contribution in [-0.2, 0) is 19.0 Å². The molecule has 7 heteroatoms. The number of hydrogen-bond acceptors (Lipinski definition) is 7. The summed E-state index contributed by atoms with van der Waals surface area (Å²) in [6.45, 7) is 3.81. The molecule has 4 atom stereocenters. The van der Waals surface area contributed by atoms with Gasteiger partial charge in [-0.1, -0.05) is 96.8 Å². The van der Waals surface area contributed by atoms with Crippen LogP contribution in [0.4, 0.5) is 0 Å². The zero-order chi connectivity index (χ0) is 24.2. The number of ether oxygens (including phenoxy) is 3. The minimum absolute atomic E-state index is 0.0149. The predicted molar refractivity (Wildman–Crippen MR) is 129 cm³/mol. The van der Waals surface area contributed by atoms with E-state index in [4.69, 9.17) is 9.47 Å². The second-order valence-electron chi connectivity index (χ2n) is 9.38. The van der Waals surface area contributed by atoms with E-state index >= 15 is 0 Å².